The first-order valence-electron chi connectivity index (χ1n) is 7.73. The van der Waals surface area contributed by atoms with Gasteiger partial charge in [-0.05, 0) is 31.8 Å². The van der Waals surface area contributed by atoms with Crippen LogP contribution in [0.5, 0.6) is 0 Å². The van der Waals surface area contributed by atoms with Gasteiger partial charge in [-0.15, -0.1) is 0 Å². The normalized spacial score (nSPS) is 21.8. The molecule has 114 valence electrons. The number of carboxylic acids is 1. The summed E-state index contributed by atoms with van der Waals surface area (Å²) in [5.41, 5.74) is 0. The van der Waals surface area contributed by atoms with Crippen molar-refractivity contribution in [2.45, 2.75) is 64.7 Å². The van der Waals surface area contributed by atoms with E-state index >= 15 is 0 Å². The topological polar surface area (TPSA) is 66.4 Å². The molecule has 0 aromatic rings. The van der Waals surface area contributed by atoms with E-state index in [0.29, 0.717) is 12.8 Å². The zero-order chi connectivity index (χ0) is 14.8. The molecule has 0 saturated heterocycles. The van der Waals surface area contributed by atoms with Crippen molar-refractivity contribution in [3.63, 3.8) is 0 Å². The van der Waals surface area contributed by atoms with Crippen LogP contribution in [0.3, 0.4) is 0 Å². The molecule has 21 heavy (non-hydrogen) atoms. The van der Waals surface area contributed by atoms with E-state index in [2.05, 4.69) is 6.92 Å². The van der Waals surface area contributed by atoms with Gasteiger partial charge in [0.2, 0.25) is 0 Å². The Morgan fingerprint density at radius 2 is 1.81 bits per heavy atom. The first kappa shape index (κ1) is 20.7. The second-order valence-corrected chi connectivity index (χ2v) is 5.47. The molecule has 0 amide bonds. The van der Waals surface area contributed by atoms with Crippen LogP contribution in [0.2, 0.25) is 0 Å². The van der Waals surface area contributed by atoms with Gasteiger partial charge in [0, 0.05) is 11.9 Å². The first-order chi connectivity index (χ1) is 9.66. The van der Waals surface area contributed by atoms with Crippen LogP contribution >= 0.6 is 0 Å². The van der Waals surface area contributed by atoms with Crippen LogP contribution in [0.4, 0.5) is 0 Å². The van der Waals surface area contributed by atoms with E-state index in [1.165, 1.54) is 25.5 Å². The van der Waals surface area contributed by atoms with Crippen molar-refractivity contribution in [1.82, 2.24) is 0 Å². The van der Waals surface area contributed by atoms with Crippen LogP contribution in [0.15, 0.2) is 12.3 Å². The van der Waals surface area contributed by atoms with Crippen LogP contribution in [-0.4, -0.2) is 11.9 Å². The fraction of sp³-hybridized carbons (Fsp3) is 0.750. The standard InChI is InChI=1S/C16H26O4.Na/c1-2-3-4-5-6-9-12-20-16(19)14-11-8-7-10-13(14)15(17)18;/h9,12-14H,2-8,10-11H2,1H3,(H,17,18);/q;+1/p-1/b12-9+;. The van der Waals surface area contributed by atoms with E-state index in [9.17, 15) is 14.7 Å². The summed E-state index contributed by atoms with van der Waals surface area (Å²) in [6.07, 6.45) is 11.7. The molecule has 1 aliphatic rings. The van der Waals surface area contributed by atoms with Crippen molar-refractivity contribution >= 4 is 11.9 Å². The minimum Gasteiger partial charge on any atom is -0.550 e. The molecule has 1 rings (SSSR count). The van der Waals surface area contributed by atoms with Gasteiger partial charge in [-0.2, -0.15) is 0 Å². The number of carboxylic acid groups (broad SMARTS) is 1. The average Bonchev–Trinajstić information content (AvgIpc) is 2.46. The van der Waals surface area contributed by atoms with Gasteiger partial charge in [0.15, 0.2) is 0 Å². The van der Waals surface area contributed by atoms with Crippen LogP contribution in [0.25, 0.3) is 0 Å². The zero-order valence-corrected chi connectivity index (χ0v) is 15.3. The van der Waals surface area contributed by atoms with Crippen molar-refractivity contribution in [1.29, 1.82) is 0 Å². The molecule has 0 radical (unpaired) electrons. The monoisotopic (exact) mass is 304 g/mol. The van der Waals surface area contributed by atoms with E-state index in [1.807, 2.05) is 6.08 Å². The van der Waals surface area contributed by atoms with Crippen LogP contribution in [-0.2, 0) is 14.3 Å². The molecule has 0 aliphatic heterocycles. The summed E-state index contributed by atoms with van der Waals surface area (Å²) >= 11 is 0. The minimum absolute atomic E-state index is 0. The smallest absolute Gasteiger partial charge is 0.550 e. The van der Waals surface area contributed by atoms with Crippen LogP contribution < -0.4 is 34.7 Å². The second kappa shape index (κ2) is 12.2. The average molecular weight is 304 g/mol. The summed E-state index contributed by atoms with van der Waals surface area (Å²) in [5.74, 6) is -2.79. The molecule has 1 aliphatic carbocycles. The van der Waals surface area contributed by atoms with Gasteiger partial charge in [0.25, 0.3) is 0 Å². The minimum atomic E-state index is -1.13. The maximum Gasteiger partial charge on any atom is 1.00 e. The molecule has 0 aromatic carbocycles. The number of allylic oxidation sites excluding steroid dienone is 1. The van der Waals surface area contributed by atoms with Gasteiger partial charge < -0.3 is 14.6 Å². The van der Waals surface area contributed by atoms with Crippen molar-refractivity contribution in [2.24, 2.45) is 11.8 Å². The summed E-state index contributed by atoms with van der Waals surface area (Å²) in [6.45, 7) is 2.16. The number of hydrogen-bond donors (Lipinski definition) is 0. The first-order valence-corrected chi connectivity index (χ1v) is 7.73. The third-order valence-corrected chi connectivity index (χ3v) is 3.88. The SMILES string of the molecule is CCCCCC/C=C/OC(=O)C1CCCCC1C(=O)[O-].[Na+]. The van der Waals surface area contributed by atoms with E-state index < -0.39 is 23.8 Å². The fourth-order valence-electron chi connectivity index (χ4n) is 2.65. The molecule has 0 spiro atoms. The van der Waals surface area contributed by atoms with Gasteiger partial charge in [0.05, 0.1) is 12.2 Å². The predicted octanol–water partition coefficient (Wildman–Crippen LogP) is -0.426. The second-order valence-electron chi connectivity index (χ2n) is 5.47. The third-order valence-electron chi connectivity index (χ3n) is 3.88. The number of carbonyl (C=O) groups excluding carboxylic acids is 2. The summed E-state index contributed by atoms with van der Waals surface area (Å²) in [5, 5.41) is 11.0. The summed E-state index contributed by atoms with van der Waals surface area (Å²) in [4.78, 5) is 22.9. The Hall–Kier alpha value is -0.320. The van der Waals surface area contributed by atoms with Gasteiger partial charge in [-0.3, -0.25) is 4.79 Å². The van der Waals surface area contributed by atoms with E-state index in [1.54, 1.807) is 0 Å². The molecule has 0 aromatic heterocycles. The molecule has 0 N–H and O–H groups in total. The number of esters is 1. The van der Waals surface area contributed by atoms with Gasteiger partial charge >= 0.3 is 35.5 Å². The number of hydrogen-bond acceptors (Lipinski definition) is 4. The Kier molecular flexibility index (Phi) is 12.1. The number of ether oxygens (including phenoxy) is 1. The van der Waals surface area contributed by atoms with Crippen LogP contribution in [0, 0.1) is 11.8 Å². The molecule has 4 nitrogen and oxygen atoms in total. The van der Waals surface area contributed by atoms with Gasteiger partial charge in [-0.1, -0.05) is 39.0 Å². The third kappa shape index (κ3) is 8.03. The summed E-state index contributed by atoms with van der Waals surface area (Å²) in [6, 6.07) is 0. The maximum absolute atomic E-state index is 11.9. The maximum atomic E-state index is 11.9. The molecule has 2 atom stereocenters. The summed E-state index contributed by atoms with van der Waals surface area (Å²) in [7, 11) is 0. The van der Waals surface area contributed by atoms with Gasteiger partial charge in [0.1, 0.15) is 0 Å². The van der Waals surface area contributed by atoms with Crippen molar-refractivity contribution < 1.29 is 49.0 Å². The van der Waals surface area contributed by atoms with E-state index in [0.717, 1.165) is 25.7 Å². The number of carbonyl (C=O) groups is 2. The van der Waals surface area contributed by atoms with Crippen LogP contribution in [0.1, 0.15) is 64.7 Å². The Labute approximate surface area is 149 Å². The van der Waals surface area contributed by atoms with E-state index in [-0.39, 0.29) is 29.6 Å². The molecular formula is C16H25NaO4. The quantitative estimate of drug-likeness (QED) is 0.264. The molecule has 2 unspecified atom stereocenters. The number of rotatable bonds is 8. The van der Waals surface area contributed by atoms with Crippen molar-refractivity contribution in [3.8, 4) is 0 Å². The van der Waals surface area contributed by atoms with Gasteiger partial charge in [-0.25, -0.2) is 0 Å². The molecule has 0 heterocycles. The molecule has 5 heteroatoms. The molecule has 1 fully saturated rings. The Bertz CT molecular complexity index is 341. The summed E-state index contributed by atoms with van der Waals surface area (Å²) < 4.78 is 5.06. The van der Waals surface area contributed by atoms with Crippen molar-refractivity contribution in [2.75, 3.05) is 0 Å². The molecule has 1 saturated carbocycles. The van der Waals surface area contributed by atoms with Crippen molar-refractivity contribution in [3.05, 3.63) is 12.3 Å². The molecule has 0 bridgehead atoms. The number of aliphatic carboxylic acids is 1. The Morgan fingerprint density at radius 1 is 1.14 bits per heavy atom. The Morgan fingerprint density at radius 3 is 2.43 bits per heavy atom. The van der Waals surface area contributed by atoms with E-state index in [4.69, 9.17) is 4.74 Å². The zero-order valence-electron chi connectivity index (χ0n) is 13.3. The number of unbranched alkanes of at least 4 members (excludes halogenated alkanes) is 4. The molecular weight excluding hydrogens is 279 g/mol. The predicted molar refractivity (Wildman–Crippen MR) is 74.4 cm³/mol. The fourth-order valence-corrected chi connectivity index (χ4v) is 2.65. The Balaban J connectivity index is 0.00000400. The largest absolute Gasteiger partial charge is 1.00 e.